The van der Waals surface area contributed by atoms with Crippen LogP contribution in [0.1, 0.15) is 36.9 Å². The van der Waals surface area contributed by atoms with Crippen molar-refractivity contribution in [1.29, 1.82) is 0 Å². The monoisotopic (exact) mass is 304 g/mol. The van der Waals surface area contributed by atoms with Crippen LogP contribution >= 0.6 is 0 Å². The summed E-state index contributed by atoms with van der Waals surface area (Å²) in [7, 11) is 1.95. The second kappa shape index (κ2) is 6.82. The smallest absolute Gasteiger partial charge is 0.222 e. The first-order chi connectivity index (χ1) is 10.6. The molecule has 22 heavy (non-hydrogen) atoms. The zero-order chi connectivity index (χ0) is 15.5. The molecule has 3 rings (SSSR count). The van der Waals surface area contributed by atoms with Crippen LogP contribution in [0.4, 0.5) is 0 Å². The predicted octanol–water partition coefficient (Wildman–Crippen LogP) is 1.61. The molecule has 2 heterocycles. The van der Waals surface area contributed by atoms with Crippen LogP contribution < -0.4 is 0 Å². The van der Waals surface area contributed by atoms with Crippen molar-refractivity contribution in [1.82, 2.24) is 19.6 Å². The van der Waals surface area contributed by atoms with Gasteiger partial charge in [-0.2, -0.15) is 5.10 Å². The van der Waals surface area contributed by atoms with Gasteiger partial charge in [0.25, 0.3) is 0 Å². The summed E-state index contributed by atoms with van der Waals surface area (Å²) < 4.78 is 1.88. The molecule has 0 unspecified atom stereocenters. The topological polar surface area (TPSA) is 41.4 Å². The van der Waals surface area contributed by atoms with Crippen molar-refractivity contribution in [3.8, 4) is 0 Å². The third-order valence-electron chi connectivity index (χ3n) is 5.10. The summed E-state index contributed by atoms with van der Waals surface area (Å²) >= 11 is 0. The molecule has 1 amide bonds. The Labute approximate surface area is 133 Å². The molecule has 1 saturated carbocycles. The molecule has 2 fully saturated rings. The van der Waals surface area contributed by atoms with Gasteiger partial charge in [0.05, 0.1) is 6.20 Å². The van der Waals surface area contributed by atoms with Crippen LogP contribution in [0.15, 0.2) is 6.20 Å². The van der Waals surface area contributed by atoms with Crippen LogP contribution in [0, 0.1) is 12.8 Å². The van der Waals surface area contributed by atoms with E-state index in [1.807, 2.05) is 17.9 Å². The average Bonchev–Trinajstić information content (AvgIpc) is 3.30. The first kappa shape index (κ1) is 15.5. The Bertz CT molecular complexity index is 521. The van der Waals surface area contributed by atoms with Gasteiger partial charge in [-0.25, -0.2) is 0 Å². The zero-order valence-corrected chi connectivity index (χ0v) is 13.9. The van der Waals surface area contributed by atoms with E-state index in [0.717, 1.165) is 44.9 Å². The van der Waals surface area contributed by atoms with Crippen LogP contribution in [0.2, 0.25) is 0 Å². The van der Waals surface area contributed by atoms with Crippen molar-refractivity contribution in [3.05, 3.63) is 17.5 Å². The second-order valence-electron chi connectivity index (χ2n) is 6.86. The summed E-state index contributed by atoms with van der Waals surface area (Å²) in [5, 5.41) is 4.25. The quantitative estimate of drug-likeness (QED) is 0.830. The first-order valence-electron chi connectivity index (χ1n) is 8.61. The number of amides is 1. The average molecular weight is 304 g/mol. The summed E-state index contributed by atoms with van der Waals surface area (Å²) in [5.74, 6) is 1.24. The van der Waals surface area contributed by atoms with Crippen LogP contribution in [-0.4, -0.2) is 58.2 Å². The SMILES string of the molecule is Cc1c(CCC(=O)N2CCCN(CC3CC3)CC2)cnn1C. The van der Waals surface area contributed by atoms with Gasteiger partial charge >= 0.3 is 0 Å². The van der Waals surface area contributed by atoms with Crippen molar-refractivity contribution in [2.24, 2.45) is 13.0 Å². The van der Waals surface area contributed by atoms with Gasteiger partial charge < -0.3 is 9.80 Å². The highest BCUT2D eigenvalue weighted by Crippen LogP contribution is 2.29. The standard InChI is InChI=1S/C17H28N4O/c1-14-16(12-18-19(14)2)6-7-17(22)21-9-3-8-20(10-11-21)13-15-4-5-15/h12,15H,3-11,13H2,1-2H3. The summed E-state index contributed by atoms with van der Waals surface area (Å²) in [6.45, 7) is 7.34. The molecule has 0 spiro atoms. The van der Waals surface area contributed by atoms with E-state index in [0.29, 0.717) is 12.3 Å². The van der Waals surface area contributed by atoms with Crippen LogP contribution in [-0.2, 0) is 18.3 Å². The highest BCUT2D eigenvalue weighted by molar-refractivity contribution is 5.76. The number of aryl methyl sites for hydroxylation is 2. The van der Waals surface area contributed by atoms with Gasteiger partial charge in [-0.05, 0) is 50.6 Å². The largest absolute Gasteiger partial charge is 0.341 e. The molecule has 1 aromatic rings. The van der Waals surface area contributed by atoms with Crippen molar-refractivity contribution >= 4 is 5.91 Å². The van der Waals surface area contributed by atoms with Gasteiger partial charge in [0, 0.05) is 45.3 Å². The van der Waals surface area contributed by atoms with E-state index in [-0.39, 0.29) is 0 Å². The van der Waals surface area contributed by atoms with E-state index < -0.39 is 0 Å². The fourth-order valence-electron chi connectivity index (χ4n) is 3.26. The van der Waals surface area contributed by atoms with Crippen molar-refractivity contribution < 1.29 is 4.79 Å². The Morgan fingerprint density at radius 3 is 2.77 bits per heavy atom. The van der Waals surface area contributed by atoms with Gasteiger partial charge in [-0.15, -0.1) is 0 Å². The van der Waals surface area contributed by atoms with Crippen molar-refractivity contribution in [2.75, 3.05) is 32.7 Å². The highest BCUT2D eigenvalue weighted by Gasteiger charge is 2.26. The number of rotatable bonds is 5. The molecular weight excluding hydrogens is 276 g/mol. The third-order valence-corrected chi connectivity index (χ3v) is 5.10. The summed E-state index contributed by atoms with van der Waals surface area (Å²) in [6.07, 6.45) is 7.23. The maximum absolute atomic E-state index is 12.5. The molecule has 1 aromatic heterocycles. The molecule has 0 radical (unpaired) electrons. The summed E-state index contributed by atoms with van der Waals surface area (Å²) in [4.78, 5) is 17.1. The Balaban J connectivity index is 1.46. The molecule has 2 aliphatic rings. The fraction of sp³-hybridized carbons (Fsp3) is 0.765. The van der Waals surface area contributed by atoms with E-state index >= 15 is 0 Å². The lowest BCUT2D eigenvalue weighted by Crippen LogP contribution is -2.35. The second-order valence-corrected chi connectivity index (χ2v) is 6.86. The molecule has 1 aliphatic heterocycles. The number of hydrogen-bond acceptors (Lipinski definition) is 3. The van der Waals surface area contributed by atoms with Crippen molar-refractivity contribution in [2.45, 2.75) is 39.0 Å². The minimum absolute atomic E-state index is 0.302. The number of carbonyl (C=O) groups is 1. The van der Waals surface area contributed by atoms with Crippen LogP contribution in [0.5, 0.6) is 0 Å². The summed E-state index contributed by atoms with van der Waals surface area (Å²) in [5.41, 5.74) is 2.36. The molecule has 1 aliphatic carbocycles. The minimum Gasteiger partial charge on any atom is -0.341 e. The minimum atomic E-state index is 0.302. The van der Waals surface area contributed by atoms with Crippen molar-refractivity contribution in [3.63, 3.8) is 0 Å². The van der Waals surface area contributed by atoms with Gasteiger partial charge in [-0.1, -0.05) is 0 Å². The Kier molecular flexibility index (Phi) is 4.81. The number of nitrogens with zero attached hydrogens (tertiary/aromatic N) is 4. The van der Waals surface area contributed by atoms with Gasteiger partial charge in [0.15, 0.2) is 0 Å². The van der Waals surface area contributed by atoms with Gasteiger partial charge in [-0.3, -0.25) is 9.48 Å². The molecule has 122 valence electrons. The molecule has 0 aromatic carbocycles. The maximum atomic E-state index is 12.5. The van der Waals surface area contributed by atoms with E-state index in [2.05, 4.69) is 21.8 Å². The number of aromatic nitrogens is 2. The Hall–Kier alpha value is -1.36. The third kappa shape index (κ3) is 3.88. The predicted molar refractivity (Wildman–Crippen MR) is 86.6 cm³/mol. The molecule has 5 nitrogen and oxygen atoms in total. The molecular formula is C17H28N4O. The van der Waals surface area contributed by atoms with Crippen LogP contribution in [0.25, 0.3) is 0 Å². The zero-order valence-electron chi connectivity index (χ0n) is 13.9. The van der Waals surface area contributed by atoms with E-state index in [9.17, 15) is 4.79 Å². The number of hydrogen-bond donors (Lipinski definition) is 0. The molecule has 0 bridgehead atoms. The van der Waals surface area contributed by atoms with E-state index in [1.165, 1.54) is 30.6 Å². The van der Waals surface area contributed by atoms with Crippen LogP contribution in [0.3, 0.4) is 0 Å². The maximum Gasteiger partial charge on any atom is 0.222 e. The lowest BCUT2D eigenvalue weighted by atomic mass is 10.1. The highest BCUT2D eigenvalue weighted by atomic mass is 16.2. The van der Waals surface area contributed by atoms with E-state index in [1.54, 1.807) is 0 Å². The van der Waals surface area contributed by atoms with E-state index in [4.69, 9.17) is 0 Å². The molecule has 1 saturated heterocycles. The normalized spacial score (nSPS) is 20.2. The summed E-state index contributed by atoms with van der Waals surface area (Å²) in [6, 6.07) is 0. The first-order valence-corrected chi connectivity index (χ1v) is 8.61. The molecule has 0 atom stereocenters. The van der Waals surface area contributed by atoms with Gasteiger partial charge in [0.2, 0.25) is 5.91 Å². The fourth-order valence-corrected chi connectivity index (χ4v) is 3.26. The Morgan fingerprint density at radius 2 is 2.09 bits per heavy atom. The Morgan fingerprint density at radius 1 is 1.27 bits per heavy atom. The molecule has 5 heteroatoms. The lowest BCUT2D eigenvalue weighted by molar-refractivity contribution is -0.131. The lowest BCUT2D eigenvalue weighted by Gasteiger charge is -2.22. The molecule has 0 N–H and O–H groups in total. The number of carbonyl (C=O) groups excluding carboxylic acids is 1. The van der Waals surface area contributed by atoms with Gasteiger partial charge in [0.1, 0.15) is 0 Å².